The molecular formula is C11H9NO5. The number of benzene rings is 1. The number of aldehydes is 1. The molecule has 6 heteroatoms. The first-order valence-electron chi connectivity index (χ1n) is 4.70. The SMILES string of the molecule is Cc1c(C=O)oc2c(C(N)=O)c(O)cc(O)c12. The molecule has 0 aliphatic rings. The molecule has 1 aromatic heterocycles. The minimum Gasteiger partial charge on any atom is -0.507 e. The molecule has 6 nitrogen and oxygen atoms in total. The van der Waals surface area contributed by atoms with Crippen molar-refractivity contribution in [3.63, 3.8) is 0 Å². The first kappa shape index (κ1) is 11.0. The molecule has 0 fully saturated rings. The highest BCUT2D eigenvalue weighted by Gasteiger charge is 2.22. The lowest BCUT2D eigenvalue weighted by atomic mass is 10.1. The van der Waals surface area contributed by atoms with Gasteiger partial charge in [0.15, 0.2) is 17.6 Å². The standard InChI is InChI=1S/C11H9NO5/c1-4-7(3-13)17-10-8(4)5(14)2-6(15)9(10)11(12)16/h2-3,14-15H,1H3,(H2,12,16). The van der Waals surface area contributed by atoms with Crippen molar-refractivity contribution in [2.45, 2.75) is 6.92 Å². The van der Waals surface area contributed by atoms with E-state index in [2.05, 4.69) is 0 Å². The lowest BCUT2D eigenvalue weighted by Crippen LogP contribution is -2.11. The normalized spacial score (nSPS) is 10.6. The molecular weight excluding hydrogens is 226 g/mol. The monoisotopic (exact) mass is 235 g/mol. The van der Waals surface area contributed by atoms with Gasteiger partial charge in [-0.25, -0.2) is 0 Å². The first-order valence-corrected chi connectivity index (χ1v) is 4.70. The molecule has 0 aliphatic heterocycles. The lowest BCUT2D eigenvalue weighted by molar-refractivity contribution is 0.0996. The molecule has 1 heterocycles. The van der Waals surface area contributed by atoms with Crippen molar-refractivity contribution in [3.8, 4) is 11.5 Å². The topological polar surface area (TPSA) is 114 Å². The minimum atomic E-state index is -0.904. The summed E-state index contributed by atoms with van der Waals surface area (Å²) < 4.78 is 5.11. The molecule has 0 bridgehead atoms. The van der Waals surface area contributed by atoms with Gasteiger partial charge in [0.2, 0.25) is 0 Å². The van der Waals surface area contributed by atoms with Crippen molar-refractivity contribution in [2.24, 2.45) is 5.73 Å². The van der Waals surface area contributed by atoms with Gasteiger partial charge in [-0.3, -0.25) is 9.59 Å². The Morgan fingerprint density at radius 3 is 2.59 bits per heavy atom. The predicted octanol–water partition coefficient (Wildman–Crippen LogP) is 1.06. The molecule has 0 unspecified atom stereocenters. The number of aryl methyl sites for hydroxylation is 1. The van der Waals surface area contributed by atoms with Crippen LogP contribution in [0.3, 0.4) is 0 Å². The third-order valence-electron chi connectivity index (χ3n) is 2.55. The second-order valence-corrected chi connectivity index (χ2v) is 3.57. The fourth-order valence-corrected chi connectivity index (χ4v) is 1.76. The van der Waals surface area contributed by atoms with E-state index < -0.39 is 11.7 Å². The molecule has 0 saturated heterocycles. The number of phenols is 2. The summed E-state index contributed by atoms with van der Waals surface area (Å²) in [6, 6.07) is 0.986. The summed E-state index contributed by atoms with van der Waals surface area (Å²) in [5.41, 5.74) is 5.14. The Morgan fingerprint density at radius 2 is 2.06 bits per heavy atom. The summed E-state index contributed by atoms with van der Waals surface area (Å²) in [7, 11) is 0. The molecule has 0 atom stereocenters. The molecule has 17 heavy (non-hydrogen) atoms. The van der Waals surface area contributed by atoms with Crippen LogP contribution in [0.1, 0.15) is 26.5 Å². The Labute approximate surface area is 95.3 Å². The number of furan rings is 1. The van der Waals surface area contributed by atoms with Gasteiger partial charge in [0, 0.05) is 11.6 Å². The zero-order chi connectivity index (χ0) is 12.7. The van der Waals surface area contributed by atoms with Crippen LogP contribution in [0.15, 0.2) is 10.5 Å². The van der Waals surface area contributed by atoms with E-state index in [0.29, 0.717) is 11.8 Å². The van der Waals surface area contributed by atoms with Gasteiger partial charge in [-0.2, -0.15) is 0 Å². The van der Waals surface area contributed by atoms with Gasteiger partial charge in [0.05, 0.1) is 5.39 Å². The number of phenolic OH excluding ortho intramolecular Hbond substituents is 1. The number of hydrogen-bond acceptors (Lipinski definition) is 5. The number of carbonyl (C=O) groups is 2. The largest absolute Gasteiger partial charge is 0.507 e. The van der Waals surface area contributed by atoms with Crippen LogP contribution >= 0.6 is 0 Å². The van der Waals surface area contributed by atoms with Crippen LogP contribution in [0.5, 0.6) is 11.5 Å². The number of rotatable bonds is 2. The number of fused-ring (bicyclic) bond motifs is 1. The Bertz CT molecular complexity index is 641. The number of aromatic hydroxyl groups is 2. The molecule has 2 rings (SSSR count). The van der Waals surface area contributed by atoms with E-state index in [4.69, 9.17) is 10.2 Å². The highest BCUT2D eigenvalue weighted by atomic mass is 16.3. The number of primary amides is 1. The van der Waals surface area contributed by atoms with Crippen LogP contribution in [0.4, 0.5) is 0 Å². The zero-order valence-electron chi connectivity index (χ0n) is 8.85. The van der Waals surface area contributed by atoms with E-state index in [1.54, 1.807) is 6.92 Å². The highest BCUT2D eigenvalue weighted by molar-refractivity contribution is 6.10. The van der Waals surface area contributed by atoms with E-state index in [0.717, 1.165) is 6.07 Å². The van der Waals surface area contributed by atoms with Crippen molar-refractivity contribution in [2.75, 3.05) is 0 Å². The van der Waals surface area contributed by atoms with Crippen molar-refractivity contribution in [3.05, 3.63) is 23.0 Å². The van der Waals surface area contributed by atoms with Gasteiger partial charge in [-0.05, 0) is 6.92 Å². The average Bonchev–Trinajstić information content (AvgIpc) is 2.55. The van der Waals surface area contributed by atoms with E-state index in [1.807, 2.05) is 0 Å². The number of nitrogens with two attached hydrogens (primary N) is 1. The summed E-state index contributed by atoms with van der Waals surface area (Å²) >= 11 is 0. The fraction of sp³-hybridized carbons (Fsp3) is 0.0909. The van der Waals surface area contributed by atoms with Gasteiger partial charge in [-0.1, -0.05) is 0 Å². The minimum absolute atomic E-state index is 0.0246. The maximum absolute atomic E-state index is 11.2. The second-order valence-electron chi connectivity index (χ2n) is 3.57. The maximum Gasteiger partial charge on any atom is 0.256 e. The van der Waals surface area contributed by atoms with Crippen molar-refractivity contribution in [1.82, 2.24) is 0 Å². The molecule has 0 spiro atoms. The van der Waals surface area contributed by atoms with Crippen LogP contribution in [-0.4, -0.2) is 22.4 Å². The number of amides is 1. The van der Waals surface area contributed by atoms with Crippen LogP contribution in [0.2, 0.25) is 0 Å². The van der Waals surface area contributed by atoms with Crippen LogP contribution in [0, 0.1) is 6.92 Å². The Kier molecular flexibility index (Phi) is 2.27. The van der Waals surface area contributed by atoms with Gasteiger partial charge >= 0.3 is 0 Å². The molecule has 0 radical (unpaired) electrons. The molecule has 2 aromatic rings. The lowest BCUT2D eigenvalue weighted by Gasteiger charge is -2.03. The van der Waals surface area contributed by atoms with Gasteiger partial charge in [-0.15, -0.1) is 0 Å². The molecule has 88 valence electrons. The van der Waals surface area contributed by atoms with Crippen LogP contribution in [-0.2, 0) is 0 Å². The van der Waals surface area contributed by atoms with Crippen molar-refractivity contribution >= 4 is 23.2 Å². The van der Waals surface area contributed by atoms with E-state index >= 15 is 0 Å². The van der Waals surface area contributed by atoms with Gasteiger partial charge in [0.25, 0.3) is 5.91 Å². The van der Waals surface area contributed by atoms with Crippen LogP contribution < -0.4 is 5.73 Å². The molecule has 1 aromatic carbocycles. The zero-order valence-corrected chi connectivity index (χ0v) is 8.85. The first-order chi connectivity index (χ1) is 7.97. The maximum atomic E-state index is 11.2. The van der Waals surface area contributed by atoms with E-state index in [9.17, 15) is 19.8 Å². The summed E-state index contributed by atoms with van der Waals surface area (Å²) in [5, 5.41) is 19.4. The van der Waals surface area contributed by atoms with Gasteiger partial charge in [0.1, 0.15) is 17.1 Å². The Hall–Kier alpha value is -2.50. The molecule has 0 aliphatic carbocycles. The molecule has 1 amide bonds. The number of carbonyl (C=O) groups excluding carboxylic acids is 2. The summed E-state index contributed by atoms with van der Waals surface area (Å²) in [5.74, 6) is -1.70. The Morgan fingerprint density at radius 1 is 1.41 bits per heavy atom. The Balaban J connectivity index is 3.02. The predicted molar refractivity (Wildman–Crippen MR) is 58.2 cm³/mol. The van der Waals surface area contributed by atoms with Crippen molar-refractivity contribution < 1.29 is 24.2 Å². The third kappa shape index (κ3) is 1.42. The second kappa shape index (κ2) is 3.51. The van der Waals surface area contributed by atoms with E-state index in [1.165, 1.54) is 0 Å². The quantitative estimate of drug-likeness (QED) is 0.673. The fourth-order valence-electron chi connectivity index (χ4n) is 1.76. The summed E-state index contributed by atoms with van der Waals surface area (Å²) in [4.78, 5) is 21.9. The molecule has 0 saturated carbocycles. The smallest absolute Gasteiger partial charge is 0.256 e. The van der Waals surface area contributed by atoms with Gasteiger partial charge < -0.3 is 20.4 Å². The summed E-state index contributed by atoms with van der Waals surface area (Å²) in [6.07, 6.45) is 0.455. The average molecular weight is 235 g/mol. The summed E-state index contributed by atoms with van der Waals surface area (Å²) in [6.45, 7) is 1.55. The number of hydrogen-bond donors (Lipinski definition) is 3. The van der Waals surface area contributed by atoms with Crippen LogP contribution in [0.25, 0.3) is 11.0 Å². The highest BCUT2D eigenvalue weighted by Crippen LogP contribution is 2.38. The molecule has 4 N–H and O–H groups in total. The van der Waals surface area contributed by atoms with Crippen molar-refractivity contribution in [1.29, 1.82) is 0 Å². The van der Waals surface area contributed by atoms with E-state index in [-0.39, 0.29) is 28.0 Å². The third-order valence-corrected chi connectivity index (χ3v) is 2.55.